The number of piperazine rings is 1. The summed E-state index contributed by atoms with van der Waals surface area (Å²) in [4.78, 5) is 29.4. The van der Waals surface area contributed by atoms with Crippen LogP contribution in [-0.2, 0) is 17.9 Å². The lowest BCUT2D eigenvalue weighted by Crippen LogP contribution is -2.52. The minimum absolute atomic E-state index is 0.00606. The van der Waals surface area contributed by atoms with E-state index in [0.717, 1.165) is 6.07 Å². The molecule has 0 saturated carbocycles. The lowest BCUT2D eigenvalue weighted by atomic mass is 10.2. The first-order valence-electron chi connectivity index (χ1n) is 7.74. The van der Waals surface area contributed by atoms with E-state index < -0.39 is 17.3 Å². The number of rotatable bonds is 3. The van der Waals surface area contributed by atoms with Crippen molar-refractivity contribution in [3.63, 3.8) is 0 Å². The van der Waals surface area contributed by atoms with E-state index in [2.05, 4.69) is 10.3 Å². The molecule has 1 aromatic heterocycles. The largest absolute Gasteiger partial charge is 0.472 e. The van der Waals surface area contributed by atoms with Crippen LogP contribution in [0.15, 0.2) is 29.1 Å². The minimum atomic E-state index is -0.992. The van der Waals surface area contributed by atoms with Crippen molar-refractivity contribution in [2.45, 2.75) is 19.2 Å². The van der Waals surface area contributed by atoms with Crippen LogP contribution in [0.1, 0.15) is 5.56 Å². The first kappa shape index (κ1) is 15.6. The van der Waals surface area contributed by atoms with Crippen LogP contribution in [0.25, 0.3) is 0 Å². The standard InChI is InChI=1S/C16H14F2N4O3/c17-11-3-1-2-9(15(11)18)8-25-13-4-14-21-7-12(23)19-5-10(21)6-22(14)16(24)20-13/h1-4,10H,5-8H2,(H,19,23). The van der Waals surface area contributed by atoms with Crippen molar-refractivity contribution in [1.29, 1.82) is 0 Å². The number of carbonyl (C=O) groups is 1. The summed E-state index contributed by atoms with van der Waals surface area (Å²) < 4.78 is 33.8. The molecule has 0 aliphatic carbocycles. The number of aromatic nitrogens is 2. The van der Waals surface area contributed by atoms with Gasteiger partial charge in [0, 0.05) is 18.2 Å². The molecule has 1 fully saturated rings. The summed E-state index contributed by atoms with van der Waals surface area (Å²) in [6, 6.07) is 5.31. The van der Waals surface area contributed by atoms with Gasteiger partial charge in [0.2, 0.25) is 11.8 Å². The van der Waals surface area contributed by atoms with Crippen molar-refractivity contribution < 1.29 is 18.3 Å². The molecule has 3 heterocycles. The van der Waals surface area contributed by atoms with Crippen LogP contribution < -0.4 is 20.6 Å². The van der Waals surface area contributed by atoms with Gasteiger partial charge in [-0.3, -0.25) is 9.36 Å². The third-order valence-corrected chi connectivity index (χ3v) is 4.35. The Morgan fingerprint density at radius 1 is 1.32 bits per heavy atom. The Kier molecular flexibility index (Phi) is 3.63. The molecule has 25 heavy (non-hydrogen) atoms. The van der Waals surface area contributed by atoms with E-state index in [1.54, 1.807) is 0 Å². The number of carbonyl (C=O) groups excluding carboxylic acids is 1. The number of halogens is 2. The summed E-state index contributed by atoms with van der Waals surface area (Å²) in [7, 11) is 0. The molecule has 0 bridgehead atoms. The maximum Gasteiger partial charge on any atom is 0.352 e. The van der Waals surface area contributed by atoms with Gasteiger partial charge in [-0.05, 0) is 6.07 Å². The number of hydrogen-bond acceptors (Lipinski definition) is 5. The molecule has 2 aliphatic heterocycles. The number of nitrogens with zero attached hydrogens (tertiary/aromatic N) is 3. The average molecular weight is 348 g/mol. The zero-order chi connectivity index (χ0) is 17.6. The van der Waals surface area contributed by atoms with Crippen LogP contribution in [-0.4, -0.2) is 34.6 Å². The van der Waals surface area contributed by atoms with Crippen molar-refractivity contribution in [3.8, 4) is 5.88 Å². The quantitative estimate of drug-likeness (QED) is 0.870. The van der Waals surface area contributed by atoms with E-state index in [1.807, 2.05) is 4.90 Å². The number of nitrogens with one attached hydrogen (secondary N) is 1. The summed E-state index contributed by atoms with van der Waals surface area (Å²) in [6.45, 7) is 0.764. The van der Waals surface area contributed by atoms with Gasteiger partial charge < -0.3 is 15.0 Å². The highest BCUT2D eigenvalue weighted by Crippen LogP contribution is 2.27. The van der Waals surface area contributed by atoms with Gasteiger partial charge in [-0.2, -0.15) is 4.98 Å². The van der Waals surface area contributed by atoms with E-state index >= 15 is 0 Å². The van der Waals surface area contributed by atoms with Crippen LogP contribution in [0.2, 0.25) is 0 Å². The summed E-state index contributed by atoms with van der Waals surface area (Å²) in [6.07, 6.45) is 0. The van der Waals surface area contributed by atoms with Gasteiger partial charge in [-0.1, -0.05) is 12.1 Å². The van der Waals surface area contributed by atoms with Gasteiger partial charge in [0.25, 0.3) is 0 Å². The second kappa shape index (κ2) is 5.83. The average Bonchev–Trinajstić information content (AvgIpc) is 2.95. The Bertz CT molecular complexity index is 915. The molecule has 4 rings (SSSR count). The van der Waals surface area contributed by atoms with E-state index in [0.29, 0.717) is 18.9 Å². The van der Waals surface area contributed by atoms with Gasteiger partial charge in [-0.25, -0.2) is 13.6 Å². The molecule has 0 spiro atoms. The molecular weight excluding hydrogens is 334 g/mol. The number of amides is 1. The summed E-state index contributed by atoms with van der Waals surface area (Å²) in [5, 5.41) is 2.76. The van der Waals surface area contributed by atoms with Gasteiger partial charge in [0.05, 0.1) is 19.1 Å². The predicted molar refractivity (Wildman–Crippen MR) is 83.3 cm³/mol. The van der Waals surface area contributed by atoms with E-state index in [1.165, 1.54) is 22.8 Å². The Morgan fingerprint density at radius 3 is 3.00 bits per heavy atom. The van der Waals surface area contributed by atoms with Crippen molar-refractivity contribution in [2.75, 3.05) is 18.0 Å². The molecular formula is C16H14F2N4O3. The monoisotopic (exact) mass is 348 g/mol. The van der Waals surface area contributed by atoms with Gasteiger partial charge in [-0.15, -0.1) is 0 Å². The van der Waals surface area contributed by atoms with E-state index in [4.69, 9.17) is 4.74 Å². The molecule has 130 valence electrons. The maximum atomic E-state index is 13.7. The third kappa shape index (κ3) is 2.71. The molecule has 1 atom stereocenters. The van der Waals surface area contributed by atoms with Gasteiger partial charge in [0.1, 0.15) is 12.4 Å². The van der Waals surface area contributed by atoms with Crippen molar-refractivity contribution in [2.24, 2.45) is 0 Å². The second-order valence-corrected chi connectivity index (χ2v) is 5.93. The number of anilines is 1. The topological polar surface area (TPSA) is 76.5 Å². The summed E-state index contributed by atoms with van der Waals surface area (Å²) in [5.74, 6) is -1.54. The van der Waals surface area contributed by atoms with Crippen LogP contribution in [0.5, 0.6) is 5.88 Å². The Labute approximate surface area is 140 Å². The highest BCUT2D eigenvalue weighted by molar-refractivity contribution is 5.83. The van der Waals surface area contributed by atoms with E-state index in [-0.39, 0.29) is 36.5 Å². The molecule has 7 nitrogen and oxygen atoms in total. The number of benzene rings is 1. The summed E-state index contributed by atoms with van der Waals surface area (Å²) >= 11 is 0. The molecule has 0 radical (unpaired) electrons. The zero-order valence-corrected chi connectivity index (χ0v) is 13.0. The number of fused-ring (bicyclic) bond motifs is 3. The predicted octanol–water partition coefficient (Wildman–Crippen LogP) is 0.419. The Morgan fingerprint density at radius 2 is 2.16 bits per heavy atom. The maximum absolute atomic E-state index is 13.7. The molecule has 9 heteroatoms. The Hall–Kier alpha value is -2.97. The molecule has 1 N–H and O–H groups in total. The van der Waals surface area contributed by atoms with Crippen molar-refractivity contribution in [1.82, 2.24) is 14.9 Å². The fourth-order valence-corrected chi connectivity index (χ4v) is 3.09. The smallest absolute Gasteiger partial charge is 0.352 e. The highest BCUT2D eigenvalue weighted by atomic mass is 19.2. The molecule has 1 aromatic carbocycles. The van der Waals surface area contributed by atoms with Crippen LogP contribution >= 0.6 is 0 Å². The molecule has 2 aliphatic rings. The van der Waals surface area contributed by atoms with Gasteiger partial charge >= 0.3 is 5.69 Å². The minimum Gasteiger partial charge on any atom is -0.472 e. The SMILES string of the molecule is O=C1CN2c3cc(OCc4cccc(F)c4F)nc(=O)n3CC2CN1. The molecule has 2 aromatic rings. The van der Waals surface area contributed by atoms with Crippen LogP contribution in [0.3, 0.4) is 0 Å². The number of ether oxygens (including phenoxy) is 1. The molecule has 1 unspecified atom stereocenters. The lowest BCUT2D eigenvalue weighted by Gasteiger charge is -2.30. The van der Waals surface area contributed by atoms with E-state index in [9.17, 15) is 18.4 Å². The van der Waals surface area contributed by atoms with Crippen LogP contribution in [0.4, 0.5) is 14.6 Å². The molecule has 1 saturated heterocycles. The third-order valence-electron chi connectivity index (χ3n) is 4.35. The first-order chi connectivity index (χ1) is 12.0. The van der Waals surface area contributed by atoms with Crippen LogP contribution in [0, 0.1) is 11.6 Å². The highest BCUT2D eigenvalue weighted by Gasteiger charge is 2.35. The fraction of sp³-hybridized carbons (Fsp3) is 0.312. The van der Waals surface area contributed by atoms with Gasteiger partial charge in [0.15, 0.2) is 11.6 Å². The first-order valence-corrected chi connectivity index (χ1v) is 7.74. The Balaban J connectivity index is 1.59. The zero-order valence-electron chi connectivity index (χ0n) is 13.0. The van der Waals surface area contributed by atoms with Crippen molar-refractivity contribution >= 4 is 11.7 Å². The second-order valence-electron chi connectivity index (χ2n) is 5.93. The summed E-state index contributed by atoms with van der Waals surface area (Å²) in [5.41, 5.74) is -0.480. The molecule has 1 amide bonds. The lowest BCUT2D eigenvalue weighted by molar-refractivity contribution is -0.120. The normalized spacial score (nSPS) is 18.6. The van der Waals surface area contributed by atoms with Crippen molar-refractivity contribution in [3.05, 3.63) is 51.9 Å². The number of hydrogen-bond donors (Lipinski definition) is 1. The fourth-order valence-electron chi connectivity index (χ4n) is 3.09.